The number of carbonyl (C=O) groups is 2. The van der Waals surface area contributed by atoms with Gasteiger partial charge in [0.25, 0.3) is 5.91 Å². The number of fused-ring (bicyclic) bond motifs is 1. The molecule has 2 heterocycles. The Hall–Kier alpha value is -2.05. The number of aromatic nitrogens is 2. The smallest absolute Gasteiger partial charge is 0.259 e. The van der Waals surface area contributed by atoms with Gasteiger partial charge in [-0.25, -0.2) is 0 Å². The van der Waals surface area contributed by atoms with Crippen molar-refractivity contribution >= 4 is 40.7 Å². The van der Waals surface area contributed by atoms with Crippen LogP contribution in [0.5, 0.6) is 0 Å². The molecule has 0 bridgehead atoms. The molecule has 3 rings (SSSR count). The zero-order valence-corrected chi connectivity index (χ0v) is 13.6. The largest absolute Gasteiger partial charge is 0.334 e. The van der Waals surface area contributed by atoms with E-state index in [4.69, 9.17) is 23.2 Å². The summed E-state index contributed by atoms with van der Waals surface area (Å²) in [4.78, 5) is 25.9. The summed E-state index contributed by atoms with van der Waals surface area (Å²) in [6.07, 6.45) is 1.51. The fraction of sp³-hybridized carbons (Fsp3) is 0.267. The van der Waals surface area contributed by atoms with Crippen molar-refractivity contribution in [2.45, 2.75) is 13.1 Å². The summed E-state index contributed by atoms with van der Waals surface area (Å²) in [5, 5.41) is 7.44. The van der Waals surface area contributed by atoms with E-state index in [1.54, 1.807) is 33.8 Å². The number of anilines is 1. The second kappa shape index (κ2) is 6.60. The number of hydrogen-bond acceptors (Lipinski definition) is 3. The Morgan fingerprint density at radius 3 is 2.78 bits per heavy atom. The van der Waals surface area contributed by atoms with Gasteiger partial charge in [-0.15, -0.1) is 11.6 Å². The van der Waals surface area contributed by atoms with Gasteiger partial charge in [0, 0.05) is 6.54 Å². The molecule has 0 atom stereocenters. The van der Waals surface area contributed by atoms with E-state index < -0.39 is 0 Å². The van der Waals surface area contributed by atoms with Crippen LogP contribution < -0.4 is 5.32 Å². The number of nitrogens with one attached hydrogen (secondary N) is 1. The predicted molar refractivity (Wildman–Crippen MR) is 87.8 cm³/mol. The van der Waals surface area contributed by atoms with Crippen molar-refractivity contribution in [2.75, 3.05) is 17.7 Å². The first kappa shape index (κ1) is 15.8. The Bertz CT molecular complexity index is 760. The van der Waals surface area contributed by atoms with E-state index in [0.29, 0.717) is 41.6 Å². The molecular weight excluding hydrogens is 339 g/mol. The van der Waals surface area contributed by atoms with Crippen molar-refractivity contribution < 1.29 is 9.59 Å². The average molecular weight is 353 g/mol. The van der Waals surface area contributed by atoms with Gasteiger partial charge in [0.1, 0.15) is 5.88 Å². The standard InChI is InChI=1S/C15H14Cl2N4O2/c16-7-14(22)20-5-6-21-13(9-20)10(8-18-21)15(23)19-12-4-2-1-3-11(12)17/h1-4,8H,5-7,9H2,(H,19,23). The van der Waals surface area contributed by atoms with Gasteiger partial charge in [0.2, 0.25) is 5.91 Å². The zero-order valence-electron chi connectivity index (χ0n) is 12.1. The summed E-state index contributed by atoms with van der Waals surface area (Å²) in [7, 11) is 0. The fourth-order valence-electron chi connectivity index (χ4n) is 2.48. The van der Waals surface area contributed by atoms with Gasteiger partial charge in [-0.2, -0.15) is 5.10 Å². The molecule has 1 N–H and O–H groups in total. The lowest BCUT2D eigenvalue weighted by Crippen LogP contribution is -2.39. The van der Waals surface area contributed by atoms with Crippen molar-refractivity contribution in [2.24, 2.45) is 0 Å². The number of rotatable bonds is 3. The highest BCUT2D eigenvalue weighted by Crippen LogP contribution is 2.23. The first-order chi connectivity index (χ1) is 11.1. The lowest BCUT2D eigenvalue weighted by atomic mass is 10.2. The maximum Gasteiger partial charge on any atom is 0.259 e. The third-order valence-electron chi connectivity index (χ3n) is 3.70. The van der Waals surface area contributed by atoms with E-state index in [9.17, 15) is 9.59 Å². The minimum absolute atomic E-state index is 0.0741. The minimum atomic E-state index is -0.306. The molecule has 1 aromatic carbocycles. The van der Waals surface area contributed by atoms with Crippen LogP contribution in [0.25, 0.3) is 0 Å². The van der Waals surface area contributed by atoms with Crippen molar-refractivity contribution in [3.63, 3.8) is 0 Å². The first-order valence-electron chi connectivity index (χ1n) is 7.04. The second-order valence-corrected chi connectivity index (χ2v) is 5.79. The number of hydrogen-bond donors (Lipinski definition) is 1. The van der Waals surface area contributed by atoms with E-state index in [-0.39, 0.29) is 17.7 Å². The molecule has 0 aliphatic carbocycles. The molecule has 0 saturated carbocycles. The molecule has 2 aromatic rings. The summed E-state index contributed by atoms with van der Waals surface area (Å²) < 4.78 is 1.74. The van der Waals surface area contributed by atoms with Crippen molar-refractivity contribution in [1.29, 1.82) is 0 Å². The van der Waals surface area contributed by atoms with Crippen LogP contribution in [-0.4, -0.2) is 38.9 Å². The highest BCUT2D eigenvalue weighted by atomic mass is 35.5. The van der Waals surface area contributed by atoms with Crippen LogP contribution in [0.3, 0.4) is 0 Å². The van der Waals surface area contributed by atoms with Crippen LogP contribution in [-0.2, 0) is 17.9 Å². The second-order valence-electron chi connectivity index (χ2n) is 5.11. The number of amides is 2. The van der Waals surface area contributed by atoms with Gasteiger partial charge in [-0.05, 0) is 12.1 Å². The topological polar surface area (TPSA) is 67.2 Å². The molecule has 1 aromatic heterocycles. The Labute approximate surface area is 143 Å². The van der Waals surface area contributed by atoms with Crippen LogP contribution in [0, 0.1) is 0 Å². The summed E-state index contributed by atoms with van der Waals surface area (Å²) in [5.74, 6) is -0.536. The molecule has 0 spiro atoms. The fourth-order valence-corrected chi connectivity index (χ4v) is 2.84. The van der Waals surface area contributed by atoms with Gasteiger partial charge >= 0.3 is 0 Å². The summed E-state index contributed by atoms with van der Waals surface area (Å²) in [6, 6.07) is 7.00. The van der Waals surface area contributed by atoms with Crippen LogP contribution in [0.2, 0.25) is 5.02 Å². The Kier molecular flexibility index (Phi) is 4.54. The Morgan fingerprint density at radius 1 is 1.26 bits per heavy atom. The maximum absolute atomic E-state index is 12.5. The molecule has 6 nitrogen and oxygen atoms in total. The predicted octanol–water partition coefficient (Wildman–Crippen LogP) is 2.37. The molecule has 1 aliphatic heterocycles. The van der Waals surface area contributed by atoms with Gasteiger partial charge in [-0.3, -0.25) is 14.3 Å². The lowest BCUT2D eigenvalue weighted by molar-refractivity contribution is -0.129. The molecule has 120 valence electrons. The SMILES string of the molecule is O=C(Nc1ccccc1Cl)c1cnn2c1CN(C(=O)CCl)CC2. The Balaban J connectivity index is 1.82. The number of alkyl halides is 1. The number of carbonyl (C=O) groups excluding carboxylic acids is 2. The van der Waals surface area contributed by atoms with Gasteiger partial charge < -0.3 is 10.2 Å². The summed E-state index contributed by atoms with van der Waals surface area (Å²) in [5.41, 5.74) is 1.65. The highest BCUT2D eigenvalue weighted by molar-refractivity contribution is 6.33. The zero-order chi connectivity index (χ0) is 16.4. The highest BCUT2D eigenvalue weighted by Gasteiger charge is 2.26. The monoisotopic (exact) mass is 352 g/mol. The molecule has 0 fully saturated rings. The quantitative estimate of drug-likeness (QED) is 0.862. The first-order valence-corrected chi connectivity index (χ1v) is 7.95. The van der Waals surface area contributed by atoms with Crippen LogP contribution in [0.4, 0.5) is 5.69 Å². The maximum atomic E-state index is 12.5. The van der Waals surface area contributed by atoms with Crippen molar-refractivity contribution in [3.05, 3.63) is 46.7 Å². The van der Waals surface area contributed by atoms with E-state index in [1.807, 2.05) is 0 Å². The number of benzene rings is 1. The average Bonchev–Trinajstić information content (AvgIpc) is 2.99. The van der Waals surface area contributed by atoms with Crippen molar-refractivity contribution in [1.82, 2.24) is 14.7 Å². The molecular formula is C15H14Cl2N4O2. The van der Waals surface area contributed by atoms with E-state index in [0.717, 1.165) is 0 Å². The van der Waals surface area contributed by atoms with E-state index in [1.165, 1.54) is 6.20 Å². The molecule has 2 amide bonds. The van der Waals surface area contributed by atoms with Crippen LogP contribution >= 0.6 is 23.2 Å². The van der Waals surface area contributed by atoms with Gasteiger partial charge in [0.05, 0.1) is 41.3 Å². The molecule has 0 saturated heterocycles. The van der Waals surface area contributed by atoms with Crippen LogP contribution in [0.15, 0.2) is 30.5 Å². The van der Waals surface area contributed by atoms with Gasteiger partial charge in [0.15, 0.2) is 0 Å². The lowest BCUT2D eigenvalue weighted by Gasteiger charge is -2.27. The van der Waals surface area contributed by atoms with Gasteiger partial charge in [-0.1, -0.05) is 23.7 Å². The summed E-state index contributed by atoms with van der Waals surface area (Å²) >= 11 is 11.7. The molecule has 1 aliphatic rings. The van der Waals surface area contributed by atoms with Crippen molar-refractivity contribution in [3.8, 4) is 0 Å². The summed E-state index contributed by atoms with van der Waals surface area (Å²) in [6.45, 7) is 1.39. The minimum Gasteiger partial charge on any atom is -0.334 e. The number of halogens is 2. The molecule has 23 heavy (non-hydrogen) atoms. The normalized spacial score (nSPS) is 13.6. The van der Waals surface area contributed by atoms with Crippen LogP contribution in [0.1, 0.15) is 16.1 Å². The third-order valence-corrected chi connectivity index (χ3v) is 4.26. The molecule has 0 radical (unpaired) electrons. The molecule has 0 unspecified atom stereocenters. The van der Waals surface area contributed by atoms with E-state index in [2.05, 4.69) is 10.4 Å². The Morgan fingerprint density at radius 2 is 2.04 bits per heavy atom. The number of para-hydroxylation sites is 1. The van der Waals surface area contributed by atoms with E-state index >= 15 is 0 Å². The number of nitrogens with zero attached hydrogens (tertiary/aromatic N) is 3. The third kappa shape index (κ3) is 3.18. The molecule has 8 heteroatoms.